The zero-order valence-electron chi connectivity index (χ0n) is 19.3. The highest BCUT2D eigenvalue weighted by molar-refractivity contribution is 5.94. The second-order valence-corrected chi connectivity index (χ2v) is 9.68. The summed E-state index contributed by atoms with van der Waals surface area (Å²) < 4.78 is 14.7. The van der Waals surface area contributed by atoms with Crippen LogP contribution < -0.4 is 4.90 Å². The Bertz CT molecular complexity index is 1210. The van der Waals surface area contributed by atoms with Crippen molar-refractivity contribution in [3.05, 3.63) is 77.9 Å². The smallest absolute Gasteiger partial charge is 0.232 e. The first-order valence-electron chi connectivity index (χ1n) is 11.8. The molecule has 2 saturated heterocycles. The number of halogens is 1. The van der Waals surface area contributed by atoms with Crippen LogP contribution in [0.2, 0.25) is 0 Å². The molecule has 34 heavy (non-hydrogen) atoms. The van der Waals surface area contributed by atoms with Gasteiger partial charge in [0.25, 0.3) is 0 Å². The van der Waals surface area contributed by atoms with Gasteiger partial charge in [-0.05, 0) is 38.1 Å². The average molecular weight is 459 g/mol. The lowest BCUT2D eigenvalue weighted by atomic mass is 9.90. The van der Waals surface area contributed by atoms with Crippen LogP contribution in [0.3, 0.4) is 0 Å². The Morgan fingerprint density at radius 1 is 1.06 bits per heavy atom. The molecule has 4 aliphatic heterocycles. The molecule has 4 aliphatic rings. The van der Waals surface area contributed by atoms with Gasteiger partial charge in [0.15, 0.2) is 0 Å². The Balaban J connectivity index is 1.22. The maximum Gasteiger partial charge on any atom is 0.232 e. The molecule has 1 amide bonds. The zero-order valence-corrected chi connectivity index (χ0v) is 19.3. The van der Waals surface area contributed by atoms with Gasteiger partial charge in [0.2, 0.25) is 11.9 Å². The minimum atomic E-state index is -0.483. The third-order valence-electron chi connectivity index (χ3n) is 7.34. The van der Waals surface area contributed by atoms with E-state index in [2.05, 4.69) is 19.9 Å². The largest absolute Gasteiger partial charge is 0.346 e. The van der Waals surface area contributed by atoms with Crippen molar-refractivity contribution >= 4 is 17.4 Å². The van der Waals surface area contributed by atoms with Crippen LogP contribution >= 0.6 is 0 Å². The molecule has 0 bridgehead atoms. The molecule has 6 rings (SSSR count). The Morgan fingerprint density at radius 3 is 2.50 bits per heavy atom. The van der Waals surface area contributed by atoms with E-state index in [9.17, 15) is 9.18 Å². The van der Waals surface area contributed by atoms with Crippen molar-refractivity contribution in [2.45, 2.75) is 19.9 Å². The maximum absolute atomic E-state index is 14.7. The number of nitrogens with zero attached hydrogens (tertiary/aromatic N) is 6. The zero-order chi connectivity index (χ0) is 23.4. The topological polar surface area (TPSA) is 65.5 Å². The molecule has 0 saturated carbocycles. The summed E-state index contributed by atoms with van der Waals surface area (Å²) in [7, 11) is 0. The molecule has 174 valence electrons. The monoisotopic (exact) mass is 458 g/mol. The number of carbonyl (C=O) groups is 1. The predicted molar refractivity (Wildman–Crippen MR) is 127 cm³/mol. The summed E-state index contributed by atoms with van der Waals surface area (Å²) >= 11 is 0. The highest BCUT2D eigenvalue weighted by Gasteiger charge is 2.47. The van der Waals surface area contributed by atoms with Gasteiger partial charge < -0.3 is 14.7 Å². The first-order chi connectivity index (χ1) is 16.5. The van der Waals surface area contributed by atoms with E-state index >= 15 is 0 Å². The first kappa shape index (κ1) is 21.0. The van der Waals surface area contributed by atoms with E-state index in [4.69, 9.17) is 0 Å². The molecule has 2 aromatic rings. The van der Waals surface area contributed by atoms with E-state index < -0.39 is 11.7 Å². The van der Waals surface area contributed by atoms with E-state index in [0.29, 0.717) is 30.5 Å². The normalized spacial score (nSPS) is 27.3. The number of rotatable bonds is 3. The Labute approximate surface area is 198 Å². The minimum absolute atomic E-state index is 0.0485. The number of aryl methyl sites for hydroxylation is 2. The Kier molecular flexibility index (Phi) is 4.97. The van der Waals surface area contributed by atoms with Crippen LogP contribution in [0.4, 0.5) is 10.3 Å². The number of fused-ring (bicyclic) bond motifs is 2. The van der Waals surface area contributed by atoms with Crippen LogP contribution in [0.1, 0.15) is 17.1 Å². The number of amides is 1. The van der Waals surface area contributed by atoms with Crippen molar-refractivity contribution in [3.63, 3.8) is 0 Å². The summed E-state index contributed by atoms with van der Waals surface area (Å²) in [5.41, 5.74) is 2.84. The standard InChI is InChI=1S/C26H27FN6O/c1-16-10-17(2)30-26(29-16)33-13-18-11-32(12-19(18)14-33)25(34)23-20(24-21(27)6-5-8-28-24)15-31-9-4-3-7-22(23)31/h3-10,15,18-19,22-23H,11-14H2,1-2H3/t18-,19+,22?,23?. The van der Waals surface area contributed by atoms with Gasteiger partial charge in [0, 0.05) is 73.6 Å². The summed E-state index contributed by atoms with van der Waals surface area (Å²) in [4.78, 5) is 33.6. The lowest BCUT2D eigenvalue weighted by Crippen LogP contribution is -2.42. The SMILES string of the molecule is Cc1cc(C)nc(N2C[C@H]3CN(C(=O)C4C(c5ncccc5F)=CN5C=CC=CC45)C[C@H]3C2)n1. The minimum Gasteiger partial charge on any atom is -0.346 e. The molecule has 0 radical (unpaired) electrons. The van der Waals surface area contributed by atoms with Gasteiger partial charge in [-0.3, -0.25) is 9.78 Å². The van der Waals surface area contributed by atoms with Gasteiger partial charge in [0.1, 0.15) is 11.5 Å². The fourth-order valence-corrected chi connectivity index (χ4v) is 5.83. The van der Waals surface area contributed by atoms with Crippen LogP contribution in [0.5, 0.6) is 0 Å². The second kappa shape index (κ2) is 8.04. The van der Waals surface area contributed by atoms with Crippen LogP contribution in [0.15, 0.2) is 55.0 Å². The van der Waals surface area contributed by atoms with Gasteiger partial charge in [0.05, 0.1) is 12.0 Å². The van der Waals surface area contributed by atoms with Gasteiger partial charge in [-0.2, -0.15) is 0 Å². The number of anilines is 1. The quantitative estimate of drug-likeness (QED) is 0.705. The molecular weight excluding hydrogens is 431 g/mol. The fourth-order valence-electron chi connectivity index (χ4n) is 5.83. The molecule has 2 aromatic heterocycles. The highest BCUT2D eigenvalue weighted by atomic mass is 19.1. The van der Waals surface area contributed by atoms with Crippen LogP contribution in [0.25, 0.3) is 5.57 Å². The first-order valence-corrected chi connectivity index (χ1v) is 11.8. The summed E-state index contributed by atoms with van der Waals surface area (Å²) in [6, 6.07) is 4.80. The lowest BCUT2D eigenvalue weighted by molar-refractivity contribution is -0.133. The number of hydrogen-bond acceptors (Lipinski definition) is 6. The van der Waals surface area contributed by atoms with Gasteiger partial charge >= 0.3 is 0 Å². The summed E-state index contributed by atoms with van der Waals surface area (Å²) in [6.45, 7) is 7.07. The van der Waals surface area contributed by atoms with Crippen molar-refractivity contribution in [2.24, 2.45) is 17.8 Å². The number of allylic oxidation sites excluding steroid dienone is 2. The van der Waals surface area contributed by atoms with Gasteiger partial charge in [-0.1, -0.05) is 12.2 Å². The molecule has 0 spiro atoms. The molecule has 2 unspecified atom stereocenters. The number of likely N-dealkylation sites (tertiary alicyclic amines) is 1. The van der Waals surface area contributed by atoms with Crippen molar-refractivity contribution in [2.75, 3.05) is 31.1 Å². The summed E-state index contributed by atoms with van der Waals surface area (Å²) in [5.74, 6) is 0.710. The highest BCUT2D eigenvalue weighted by Crippen LogP contribution is 2.41. The van der Waals surface area contributed by atoms with E-state index in [1.165, 1.54) is 6.07 Å². The molecule has 0 aromatic carbocycles. The number of carbonyl (C=O) groups excluding carboxylic acids is 1. The molecule has 2 fully saturated rings. The van der Waals surface area contributed by atoms with Crippen molar-refractivity contribution in [1.29, 1.82) is 0 Å². The predicted octanol–water partition coefficient (Wildman–Crippen LogP) is 2.95. The third kappa shape index (κ3) is 3.48. The van der Waals surface area contributed by atoms with Crippen molar-refractivity contribution < 1.29 is 9.18 Å². The second-order valence-electron chi connectivity index (χ2n) is 9.68. The number of pyridine rings is 1. The Morgan fingerprint density at radius 2 is 1.79 bits per heavy atom. The van der Waals surface area contributed by atoms with Gasteiger partial charge in [-0.25, -0.2) is 14.4 Å². The molecular formula is C26H27FN6O. The molecule has 8 heteroatoms. The maximum atomic E-state index is 14.7. The van der Waals surface area contributed by atoms with Crippen molar-refractivity contribution in [1.82, 2.24) is 24.8 Å². The van der Waals surface area contributed by atoms with E-state index in [1.54, 1.807) is 12.3 Å². The Hall–Kier alpha value is -3.55. The van der Waals surface area contributed by atoms with E-state index in [1.807, 2.05) is 60.3 Å². The van der Waals surface area contributed by atoms with Gasteiger partial charge in [-0.15, -0.1) is 0 Å². The lowest BCUT2D eigenvalue weighted by Gasteiger charge is -2.30. The molecule has 7 nitrogen and oxygen atoms in total. The molecule has 0 N–H and O–H groups in total. The molecule has 4 atom stereocenters. The number of hydrogen-bond donors (Lipinski definition) is 0. The third-order valence-corrected chi connectivity index (χ3v) is 7.34. The molecule has 6 heterocycles. The van der Waals surface area contributed by atoms with E-state index in [0.717, 1.165) is 30.4 Å². The summed E-state index contributed by atoms with van der Waals surface area (Å²) in [6.07, 6.45) is 11.3. The molecule has 0 aliphatic carbocycles. The van der Waals surface area contributed by atoms with Crippen LogP contribution in [-0.4, -0.2) is 62.9 Å². The van der Waals surface area contributed by atoms with Crippen LogP contribution in [0, 0.1) is 37.4 Å². The van der Waals surface area contributed by atoms with Crippen LogP contribution in [-0.2, 0) is 4.79 Å². The van der Waals surface area contributed by atoms with E-state index in [-0.39, 0.29) is 17.6 Å². The summed E-state index contributed by atoms with van der Waals surface area (Å²) in [5, 5.41) is 0. The fraction of sp³-hybridized carbons (Fsp3) is 0.385. The van der Waals surface area contributed by atoms with Crippen molar-refractivity contribution in [3.8, 4) is 0 Å². The average Bonchev–Trinajstić information content (AvgIpc) is 3.50. The number of aromatic nitrogens is 3.